The lowest BCUT2D eigenvalue weighted by molar-refractivity contribution is 0.0621. The zero-order valence-electron chi connectivity index (χ0n) is 14.3. The van der Waals surface area contributed by atoms with Gasteiger partial charge in [0.15, 0.2) is 0 Å². The van der Waals surface area contributed by atoms with Gasteiger partial charge in [0, 0.05) is 38.1 Å². The minimum atomic E-state index is -0.514. The molecule has 0 radical (unpaired) electrons. The standard InChI is InChI=1S/C17H18N6O3/c1-11-14(21-26-20-11)10-22-6-8-23(9-7-22)16(24)15-12-4-2-3-5-13(12)18-17(25)19-15/h2-5H,6-10H2,1H3,(H,18,19,25). The number of carbonyl (C=O) groups is 1. The zero-order chi connectivity index (χ0) is 18.1. The summed E-state index contributed by atoms with van der Waals surface area (Å²) < 4.78 is 4.72. The van der Waals surface area contributed by atoms with Gasteiger partial charge in [-0.05, 0) is 13.0 Å². The fourth-order valence-electron chi connectivity index (χ4n) is 3.13. The second kappa shape index (κ2) is 6.68. The highest BCUT2D eigenvalue weighted by Gasteiger charge is 2.25. The molecule has 9 nitrogen and oxygen atoms in total. The van der Waals surface area contributed by atoms with Crippen molar-refractivity contribution in [2.75, 3.05) is 26.2 Å². The molecular formula is C17H18N6O3. The van der Waals surface area contributed by atoms with Gasteiger partial charge in [-0.3, -0.25) is 9.69 Å². The van der Waals surface area contributed by atoms with Gasteiger partial charge in [-0.2, -0.15) is 4.98 Å². The molecule has 9 heteroatoms. The van der Waals surface area contributed by atoms with Crippen LogP contribution < -0.4 is 5.69 Å². The third-order valence-electron chi connectivity index (χ3n) is 4.62. The van der Waals surface area contributed by atoms with Crippen LogP contribution in [0.3, 0.4) is 0 Å². The highest BCUT2D eigenvalue weighted by molar-refractivity contribution is 6.04. The first-order chi connectivity index (χ1) is 12.6. The van der Waals surface area contributed by atoms with E-state index in [2.05, 4.69) is 25.2 Å². The van der Waals surface area contributed by atoms with Gasteiger partial charge < -0.3 is 9.88 Å². The number of benzene rings is 1. The summed E-state index contributed by atoms with van der Waals surface area (Å²) in [7, 11) is 0. The maximum absolute atomic E-state index is 12.9. The molecule has 3 heterocycles. The van der Waals surface area contributed by atoms with Crippen molar-refractivity contribution in [3.63, 3.8) is 0 Å². The van der Waals surface area contributed by atoms with E-state index >= 15 is 0 Å². The second-order valence-corrected chi connectivity index (χ2v) is 6.30. The topological polar surface area (TPSA) is 108 Å². The highest BCUT2D eigenvalue weighted by Crippen LogP contribution is 2.16. The van der Waals surface area contributed by atoms with E-state index in [0.717, 1.165) is 11.4 Å². The normalized spacial score (nSPS) is 15.5. The van der Waals surface area contributed by atoms with Crippen molar-refractivity contribution >= 4 is 16.8 Å². The van der Waals surface area contributed by atoms with E-state index in [4.69, 9.17) is 4.63 Å². The monoisotopic (exact) mass is 354 g/mol. The van der Waals surface area contributed by atoms with Crippen LogP contribution in [0, 0.1) is 6.92 Å². The van der Waals surface area contributed by atoms with Gasteiger partial charge in [0.1, 0.15) is 17.1 Å². The number of H-pyrrole nitrogens is 1. The summed E-state index contributed by atoms with van der Waals surface area (Å²) in [6.07, 6.45) is 0. The number of nitrogens with one attached hydrogen (secondary N) is 1. The minimum Gasteiger partial charge on any atom is -0.335 e. The van der Waals surface area contributed by atoms with Gasteiger partial charge in [0.05, 0.1) is 5.52 Å². The van der Waals surface area contributed by atoms with Crippen LogP contribution in [0.25, 0.3) is 10.9 Å². The number of fused-ring (bicyclic) bond motifs is 1. The molecule has 26 heavy (non-hydrogen) atoms. The van der Waals surface area contributed by atoms with Crippen molar-refractivity contribution in [3.8, 4) is 0 Å². The molecule has 1 N–H and O–H groups in total. The zero-order valence-corrected chi connectivity index (χ0v) is 14.3. The third kappa shape index (κ3) is 3.08. The maximum atomic E-state index is 12.9. The molecule has 0 saturated carbocycles. The van der Waals surface area contributed by atoms with E-state index in [-0.39, 0.29) is 11.6 Å². The van der Waals surface area contributed by atoms with Crippen LogP contribution >= 0.6 is 0 Å². The fraction of sp³-hybridized carbons (Fsp3) is 0.353. The molecule has 3 aromatic rings. The van der Waals surface area contributed by atoms with Gasteiger partial charge in [0.25, 0.3) is 5.91 Å². The Morgan fingerprint density at radius 1 is 1.19 bits per heavy atom. The predicted molar refractivity (Wildman–Crippen MR) is 92.6 cm³/mol. The molecule has 0 bridgehead atoms. The van der Waals surface area contributed by atoms with E-state index in [0.29, 0.717) is 43.6 Å². The average molecular weight is 354 g/mol. The number of aryl methyl sites for hydroxylation is 1. The van der Waals surface area contributed by atoms with Crippen LogP contribution in [0.2, 0.25) is 0 Å². The van der Waals surface area contributed by atoms with Crippen molar-refractivity contribution in [2.45, 2.75) is 13.5 Å². The average Bonchev–Trinajstić information content (AvgIpc) is 3.05. The van der Waals surface area contributed by atoms with E-state index in [1.807, 2.05) is 19.1 Å². The second-order valence-electron chi connectivity index (χ2n) is 6.30. The van der Waals surface area contributed by atoms with Crippen LogP contribution in [0.5, 0.6) is 0 Å². The summed E-state index contributed by atoms with van der Waals surface area (Å²) in [5.74, 6) is -0.216. The molecule has 1 fully saturated rings. The summed E-state index contributed by atoms with van der Waals surface area (Å²) in [6.45, 7) is 5.04. The summed E-state index contributed by atoms with van der Waals surface area (Å²) in [6, 6.07) is 7.20. The summed E-state index contributed by atoms with van der Waals surface area (Å²) in [4.78, 5) is 35.2. The van der Waals surface area contributed by atoms with Gasteiger partial charge >= 0.3 is 5.69 Å². The Morgan fingerprint density at radius 2 is 1.96 bits per heavy atom. The van der Waals surface area contributed by atoms with E-state index in [9.17, 15) is 9.59 Å². The van der Waals surface area contributed by atoms with Crippen molar-refractivity contribution in [2.24, 2.45) is 0 Å². The van der Waals surface area contributed by atoms with Crippen LogP contribution in [-0.4, -0.2) is 62.2 Å². The number of nitrogens with zero attached hydrogens (tertiary/aromatic N) is 5. The van der Waals surface area contributed by atoms with Crippen molar-refractivity contribution < 1.29 is 9.42 Å². The first-order valence-corrected chi connectivity index (χ1v) is 8.40. The quantitative estimate of drug-likeness (QED) is 0.732. The number of aromatic amines is 1. The van der Waals surface area contributed by atoms with Crippen LogP contribution in [-0.2, 0) is 6.54 Å². The number of carbonyl (C=O) groups excluding carboxylic acids is 1. The number of hydrogen-bond acceptors (Lipinski definition) is 7. The third-order valence-corrected chi connectivity index (χ3v) is 4.62. The van der Waals surface area contributed by atoms with Crippen LogP contribution in [0.4, 0.5) is 0 Å². The Morgan fingerprint density at radius 3 is 2.69 bits per heavy atom. The SMILES string of the molecule is Cc1nonc1CN1CCN(C(=O)c2nc(=O)[nH]c3ccccc23)CC1. The molecule has 134 valence electrons. The number of rotatable bonds is 3. The summed E-state index contributed by atoms with van der Waals surface area (Å²) in [5.41, 5.74) is 1.90. The van der Waals surface area contributed by atoms with Gasteiger partial charge in [-0.1, -0.05) is 28.5 Å². The van der Waals surface area contributed by atoms with Crippen LogP contribution in [0.1, 0.15) is 21.9 Å². The molecule has 0 unspecified atom stereocenters. The Balaban J connectivity index is 1.49. The fourth-order valence-corrected chi connectivity index (χ4v) is 3.13. The molecule has 0 aliphatic carbocycles. The number of piperazine rings is 1. The van der Waals surface area contributed by atoms with Gasteiger partial charge in [-0.15, -0.1) is 0 Å². The molecule has 1 aliphatic heterocycles. The summed E-state index contributed by atoms with van der Waals surface area (Å²) >= 11 is 0. The number of aromatic nitrogens is 4. The molecule has 1 aromatic carbocycles. The molecular weight excluding hydrogens is 336 g/mol. The Kier molecular flexibility index (Phi) is 4.21. The predicted octanol–water partition coefficient (Wildman–Crippen LogP) is 0.573. The van der Waals surface area contributed by atoms with Crippen LogP contribution in [0.15, 0.2) is 33.7 Å². The van der Waals surface area contributed by atoms with Crippen molar-refractivity contribution in [3.05, 3.63) is 51.8 Å². The number of hydrogen-bond donors (Lipinski definition) is 1. The molecule has 2 aromatic heterocycles. The molecule has 0 atom stereocenters. The van der Waals surface area contributed by atoms with E-state index in [1.54, 1.807) is 17.0 Å². The van der Waals surface area contributed by atoms with Gasteiger partial charge in [-0.25, -0.2) is 9.42 Å². The Bertz CT molecular complexity index is 1000. The smallest absolute Gasteiger partial charge is 0.335 e. The highest BCUT2D eigenvalue weighted by atomic mass is 16.6. The van der Waals surface area contributed by atoms with Crippen molar-refractivity contribution in [1.82, 2.24) is 30.1 Å². The van der Waals surface area contributed by atoms with E-state index in [1.165, 1.54) is 0 Å². The van der Waals surface area contributed by atoms with Crippen molar-refractivity contribution in [1.29, 1.82) is 0 Å². The number of para-hydroxylation sites is 1. The molecule has 1 amide bonds. The first kappa shape index (κ1) is 16.4. The summed E-state index contributed by atoms with van der Waals surface area (Å²) in [5, 5.41) is 8.34. The lowest BCUT2D eigenvalue weighted by Crippen LogP contribution is -2.48. The molecule has 1 aliphatic rings. The van der Waals surface area contributed by atoms with Gasteiger partial charge in [0.2, 0.25) is 0 Å². The number of amides is 1. The molecule has 0 spiro atoms. The Labute approximate surface area is 148 Å². The molecule has 1 saturated heterocycles. The Hall–Kier alpha value is -3.07. The maximum Gasteiger partial charge on any atom is 0.346 e. The lowest BCUT2D eigenvalue weighted by Gasteiger charge is -2.34. The lowest BCUT2D eigenvalue weighted by atomic mass is 10.1. The molecule has 4 rings (SSSR count). The first-order valence-electron chi connectivity index (χ1n) is 8.40. The minimum absolute atomic E-state index is 0.203. The largest absolute Gasteiger partial charge is 0.346 e. The van der Waals surface area contributed by atoms with E-state index < -0.39 is 5.69 Å².